The van der Waals surface area contributed by atoms with Crippen molar-refractivity contribution in [3.05, 3.63) is 47.0 Å². The quantitative estimate of drug-likeness (QED) is 0.857. The molecule has 28 heavy (non-hydrogen) atoms. The number of aryl methyl sites for hydroxylation is 2. The number of aromatic nitrogens is 3. The summed E-state index contributed by atoms with van der Waals surface area (Å²) in [6, 6.07) is 3.77. The number of amides is 2. The standard InChI is InChI=1S/C21H29N5O2/c1-13-7-8-22-17(9-13)21(3,4)20(28)23-11-15-10-18(27)25(5)19(15)16-12-24-26(6)14(16)2/h7-9,12,15,19H,10-11H2,1-6H3,(H,23,28)/t15-,19+/m1/s1. The topological polar surface area (TPSA) is 80.1 Å². The van der Waals surface area contributed by atoms with Gasteiger partial charge in [-0.1, -0.05) is 0 Å². The van der Waals surface area contributed by atoms with Crippen LogP contribution in [0, 0.1) is 19.8 Å². The van der Waals surface area contributed by atoms with Crippen molar-refractivity contribution in [3.8, 4) is 0 Å². The lowest BCUT2D eigenvalue weighted by Gasteiger charge is -2.27. The molecule has 7 nitrogen and oxygen atoms in total. The van der Waals surface area contributed by atoms with Crippen LogP contribution in [0.5, 0.6) is 0 Å². The Morgan fingerprint density at radius 3 is 2.64 bits per heavy atom. The summed E-state index contributed by atoms with van der Waals surface area (Å²) < 4.78 is 1.81. The Labute approximate surface area is 166 Å². The molecule has 3 heterocycles. The molecule has 2 amide bonds. The molecule has 7 heteroatoms. The van der Waals surface area contributed by atoms with Crippen LogP contribution in [0.4, 0.5) is 0 Å². The summed E-state index contributed by atoms with van der Waals surface area (Å²) in [5.41, 5.74) is 3.13. The first-order valence-corrected chi connectivity index (χ1v) is 9.58. The van der Waals surface area contributed by atoms with E-state index < -0.39 is 5.41 Å². The molecule has 0 spiro atoms. The van der Waals surface area contributed by atoms with E-state index in [0.29, 0.717) is 13.0 Å². The van der Waals surface area contributed by atoms with Gasteiger partial charge in [0.2, 0.25) is 11.8 Å². The molecule has 2 aromatic heterocycles. The fourth-order valence-corrected chi connectivity index (χ4v) is 3.84. The zero-order valence-corrected chi connectivity index (χ0v) is 17.5. The average molecular weight is 383 g/mol. The number of carbonyl (C=O) groups excluding carboxylic acids is 2. The molecule has 0 saturated carbocycles. The van der Waals surface area contributed by atoms with Crippen molar-refractivity contribution in [1.29, 1.82) is 0 Å². The predicted molar refractivity (Wildman–Crippen MR) is 107 cm³/mol. The van der Waals surface area contributed by atoms with Crippen LogP contribution in [0.25, 0.3) is 0 Å². The molecule has 3 rings (SSSR count). The summed E-state index contributed by atoms with van der Waals surface area (Å²) in [5, 5.41) is 7.39. The molecule has 2 atom stereocenters. The molecule has 0 aliphatic carbocycles. The van der Waals surface area contributed by atoms with Gasteiger partial charge in [-0.15, -0.1) is 0 Å². The Morgan fingerprint density at radius 2 is 2.04 bits per heavy atom. The zero-order valence-electron chi connectivity index (χ0n) is 17.5. The third-order valence-electron chi connectivity index (χ3n) is 5.93. The van der Waals surface area contributed by atoms with Gasteiger partial charge in [-0.25, -0.2) is 0 Å². The van der Waals surface area contributed by atoms with E-state index in [0.717, 1.165) is 22.5 Å². The lowest BCUT2D eigenvalue weighted by molar-refractivity contribution is -0.128. The lowest BCUT2D eigenvalue weighted by Crippen LogP contribution is -2.43. The van der Waals surface area contributed by atoms with Crippen LogP contribution in [0.2, 0.25) is 0 Å². The van der Waals surface area contributed by atoms with E-state index in [1.54, 1.807) is 11.1 Å². The van der Waals surface area contributed by atoms with E-state index in [9.17, 15) is 9.59 Å². The Morgan fingerprint density at radius 1 is 1.32 bits per heavy atom. The molecule has 0 bridgehead atoms. The highest BCUT2D eigenvalue weighted by molar-refractivity contribution is 5.87. The summed E-state index contributed by atoms with van der Waals surface area (Å²) >= 11 is 0. The molecule has 1 aliphatic rings. The van der Waals surface area contributed by atoms with Gasteiger partial charge in [-0.05, 0) is 45.4 Å². The van der Waals surface area contributed by atoms with Gasteiger partial charge in [0.05, 0.1) is 23.3 Å². The molecular formula is C21H29N5O2. The van der Waals surface area contributed by atoms with Crippen molar-refractivity contribution in [2.45, 2.75) is 45.6 Å². The number of hydrogen-bond donors (Lipinski definition) is 1. The van der Waals surface area contributed by atoms with E-state index >= 15 is 0 Å². The fourth-order valence-electron chi connectivity index (χ4n) is 3.84. The van der Waals surface area contributed by atoms with Crippen molar-refractivity contribution < 1.29 is 9.59 Å². The third-order valence-corrected chi connectivity index (χ3v) is 5.93. The van der Waals surface area contributed by atoms with Crippen molar-refractivity contribution in [3.63, 3.8) is 0 Å². The largest absolute Gasteiger partial charge is 0.355 e. The van der Waals surface area contributed by atoms with Gasteiger partial charge in [-0.2, -0.15) is 5.10 Å². The van der Waals surface area contributed by atoms with Crippen molar-refractivity contribution in [2.24, 2.45) is 13.0 Å². The van der Waals surface area contributed by atoms with Crippen molar-refractivity contribution in [2.75, 3.05) is 13.6 Å². The fraction of sp³-hybridized carbons (Fsp3) is 0.524. The van der Waals surface area contributed by atoms with Gasteiger partial charge < -0.3 is 10.2 Å². The monoisotopic (exact) mass is 383 g/mol. The SMILES string of the molecule is Cc1ccnc(C(C)(C)C(=O)NC[C@H]2CC(=O)N(C)[C@@H]2c2cnn(C)c2C)c1. The summed E-state index contributed by atoms with van der Waals surface area (Å²) in [7, 11) is 3.71. The maximum Gasteiger partial charge on any atom is 0.231 e. The van der Waals surface area contributed by atoms with Crippen molar-refractivity contribution in [1.82, 2.24) is 25.0 Å². The highest BCUT2D eigenvalue weighted by Gasteiger charge is 2.41. The number of hydrogen-bond acceptors (Lipinski definition) is 4. The van der Waals surface area contributed by atoms with E-state index in [-0.39, 0.29) is 23.8 Å². The smallest absolute Gasteiger partial charge is 0.231 e. The molecule has 0 unspecified atom stereocenters. The highest BCUT2D eigenvalue weighted by Crippen LogP contribution is 2.38. The van der Waals surface area contributed by atoms with Crippen LogP contribution in [-0.2, 0) is 22.1 Å². The Hall–Kier alpha value is -2.70. The second kappa shape index (κ2) is 7.37. The number of nitrogens with one attached hydrogen (secondary N) is 1. The van der Waals surface area contributed by atoms with E-state index in [1.807, 2.05) is 64.8 Å². The lowest BCUT2D eigenvalue weighted by atomic mass is 9.86. The average Bonchev–Trinajstić information content (AvgIpc) is 3.12. The van der Waals surface area contributed by atoms with Crippen LogP contribution in [-0.4, -0.2) is 45.1 Å². The molecule has 1 N–H and O–H groups in total. The van der Waals surface area contributed by atoms with E-state index in [2.05, 4.69) is 15.4 Å². The number of nitrogens with zero attached hydrogens (tertiary/aromatic N) is 4. The van der Waals surface area contributed by atoms with Crippen LogP contribution >= 0.6 is 0 Å². The van der Waals surface area contributed by atoms with Crippen LogP contribution in [0.15, 0.2) is 24.5 Å². The first-order valence-electron chi connectivity index (χ1n) is 9.58. The normalized spacial score (nSPS) is 19.9. The van der Waals surface area contributed by atoms with E-state index in [4.69, 9.17) is 0 Å². The van der Waals surface area contributed by atoms with E-state index in [1.165, 1.54) is 0 Å². The molecule has 1 aliphatic heterocycles. The van der Waals surface area contributed by atoms with Gasteiger partial charge >= 0.3 is 0 Å². The van der Waals surface area contributed by atoms with Crippen LogP contribution in [0.1, 0.15) is 48.8 Å². The summed E-state index contributed by atoms with van der Waals surface area (Å²) in [6.07, 6.45) is 3.97. The van der Waals surface area contributed by atoms with Crippen LogP contribution < -0.4 is 5.32 Å². The molecule has 150 valence electrons. The van der Waals surface area contributed by atoms with Gasteiger partial charge in [-0.3, -0.25) is 19.3 Å². The molecule has 0 aromatic carbocycles. The number of rotatable bonds is 5. The van der Waals surface area contributed by atoms with Gasteiger partial charge in [0, 0.05) is 50.4 Å². The molecule has 0 radical (unpaired) electrons. The Kier molecular flexibility index (Phi) is 5.28. The first-order chi connectivity index (χ1) is 13.1. The second-order valence-electron chi connectivity index (χ2n) is 8.28. The zero-order chi connectivity index (χ0) is 20.6. The second-order valence-corrected chi connectivity index (χ2v) is 8.28. The Balaban J connectivity index is 1.76. The number of likely N-dealkylation sites (tertiary alicyclic amines) is 1. The minimum atomic E-state index is -0.750. The van der Waals surface area contributed by atoms with Gasteiger partial charge in [0.25, 0.3) is 0 Å². The number of carbonyl (C=O) groups is 2. The molecular weight excluding hydrogens is 354 g/mol. The molecule has 1 fully saturated rings. The molecule has 2 aromatic rings. The predicted octanol–water partition coefficient (Wildman–Crippen LogP) is 2.05. The summed E-state index contributed by atoms with van der Waals surface area (Å²) in [6.45, 7) is 8.17. The van der Waals surface area contributed by atoms with Crippen LogP contribution in [0.3, 0.4) is 0 Å². The minimum Gasteiger partial charge on any atom is -0.355 e. The maximum atomic E-state index is 12.9. The number of pyridine rings is 1. The van der Waals surface area contributed by atoms with Gasteiger partial charge in [0.15, 0.2) is 0 Å². The molecule has 1 saturated heterocycles. The first kappa shape index (κ1) is 20.0. The highest BCUT2D eigenvalue weighted by atomic mass is 16.2. The van der Waals surface area contributed by atoms with Crippen molar-refractivity contribution >= 4 is 11.8 Å². The Bertz CT molecular complexity index is 902. The third kappa shape index (κ3) is 3.53. The summed E-state index contributed by atoms with van der Waals surface area (Å²) in [5.74, 6) is 0.00647. The maximum absolute atomic E-state index is 12.9. The minimum absolute atomic E-state index is 0.00520. The van der Waals surface area contributed by atoms with Gasteiger partial charge in [0.1, 0.15) is 0 Å². The summed E-state index contributed by atoms with van der Waals surface area (Å²) in [4.78, 5) is 31.5.